The third-order valence-electron chi connectivity index (χ3n) is 2.64. The van der Waals surface area contributed by atoms with Gasteiger partial charge in [-0.3, -0.25) is 0 Å². The Hall–Kier alpha value is -0.480. The highest BCUT2D eigenvalue weighted by atomic mass is 15.1. The van der Waals surface area contributed by atoms with Crippen LogP contribution in [0.5, 0.6) is 0 Å². The average Bonchev–Trinajstić information content (AvgIpc) is 2.28. The second-order valence-electron chi connectivity index (χ2n) is 3.67. The van der Waals surface area contributed by atoms with Crippen molar-refractivity contribution in [2.45, 2.75) is 20.3 Å². The average molecular weight is 151 g/mol. The molecule has 0 aromatic rings. The number of hydrogen-bond donors (Lipinski definition) is 0. The van der Waals surface area contributed by atoms with Gasteiger partial charge in [-0.25, -0.2) is 0 Å². The Morgan fingerprint density at radius 3 is 2.36 bits per heavy atom. The van der Waals surface area contributed by atoms with Crippen molar-refractivity contribution in [2.75, 3.05) is 19.6 Å². The van der Waals surface area contributed by atoms with Crippen LogP contribution in [0.1, 0.15) is 20.3 Å². The van der Waals surface area contributed by atoms with Crippen LogP contribution in [0.4, 0.5) is 0 Å². The molecule has 1 nitrogen and oxygen atoms in total. The van der Waals surface area contributed by atoms with Gasteiger partial charge in [0, 0.05) is 26.1 Å². The summed E-state index contributed by atoms with van der Waals surface area (Å²) in [6.45, 7) is 8.21. The van der Waals surface area contributed by atoms with Crippen molar-refractivity contribution in [1.29, 1.82) is 0 Å². The van der Waals surface area contributed by atoms with Gasteiger partial charge in [0.15, 0.2) is 0 Å². The first-order valence-electron chi connectivity index (χ1n) is 4.40. The molecule has 0 radical (unpaired) electrons. The van der Waals surface area contributed by atoms with E-state index >= 15 is 0 Å². The lowest BCUT2D eigenvalue weighted by Gasteiger charge is -2.12. The predicted molar refractivity (Wildman–Crippen MR) is 48.2 cm³/mol. The van der Waals surface area contributed by atoms with Crippen molar-refractivity contribution >= 4 is 0 Å². The molecule has 1 saturated heterocycles. The molecule has 0 aromatic carbocycles. The lowest BCUT2D eigenvalue weighted by atomic mass is 10.0. The van der Waals surface area contributed by atoms with Gasteiger partial charge in [-0.1, -0.05) is 13.8 Å². The van der Waals surface area contributed by atoms with Crippen LogP contribution in [0.15, 0.2) is 0 Å². The largest absolute Gasteiger partial charge is 0.302 e. The molecule has 1 fully saturated rings. The van der Waals surface area contributed by atoms with Gasteiger partial charge in [-0.05, 0) is 11.8 Å². The first-order valence-corrected chi connectivity index (χ1v) is 4.40. The highest BCUT2D eigenvalue weighted by molar-refractivity contribution is 4.87. The first-order chi connectivity index (χ1) is 5.24. The van der Waals surface area contributed by atoms with Gasteiger partial charge in [0.1, 0.15) is 0 Å². The van der Waals surface area contributed by atoms with Gasteiger partial charge in [-0.15, -0.1) is 12.3 Å². The van der Waals surface area contributed by atoms with E-state index in [-0.39, 0.29) is 0 Å². The Bertz CT molecular complexity index is 147. The summed E-state index contributed by atoms with van der Waals surface area (Å²) in [7, 11) is 0. The van der Waals surface area contributed by atoms with Crippen LogP contribution in [0.25, 0.3) is 0 Å². The number of likely N-dealkylation sites (tertiary alicyclic amines) is 1. The van der Waals surface area contributed by atoms with Crippen molar-refractivity contribution in [1.82, 2.24) is 4.90 Å². The summed E-state index contributed by atoms with van der Waals surface area (Å²) in [4.78, 5) is 2.47. The van der Waals surface area contributed by atoms with E-state index in [1.54, 1.807) is 0 Å². The molecule has 62 valence electrons. The van der Waals surface area contributed by atoms with E-state index in [2.05, 4.69) is 24.7 Å². The van der Waals surface area contributed by atoms with E-state index < -0.39 is 0 Å². The standard InChI is InChI=1S/C10H17N/c1-4-5-6-11-7-9(2)10(3)8-11/h1,9-10H,5-8H2,2-3H3. The zero-order valence-electron chi connectivity index (χ0n) is 7.51. The van der Waals surface area contributed by atoms with Gasteiger partial charge in [0.05, 0.1) is 0 Å². The number of terminal acetylenes is 1. The lowest BCUT2D eigenvalue weighted by Crippen LogP contribution is -2.21. The van der Waals surface area contributed by atoms with E-state index in [1.807, 2.05) is 0 Å². The normalized spacial score (nSPS) is 32.1. The summed E-state index contributed by atoms with van der Waals surface area (Å²) in [5.74, 6) is 4.39. The molecule has 1 aliphatic rings. The van der Waals surface area contributed by atoms with Gasteiger partial charge >= 0.3 is 0 Å². The van der Waals surface area contributed by atoms with Crippen LogP contribution in [-0.4, -0.2) is 24.5 Å². The fraction of sp³-hybridized carbons (Fsp3) is 0.800. The highest BCUT2D eigenvalue weighted by Crippen LogP contribution is 2.21. The second kappa shape index (κ2) is 3.78. The van der Waals surface area contributed by atoms with Crippen molar-refractivity contribution in [3.8, 4) is 12.3 Å². The predicted octanol–water partition coefficient (Wildman–Crippen LogP) is 1.60. The molecule has 11 heavy (non-hydrogen) atoms. The van der Waals surface area contributed by atoms with Crippen molar-refractivity contribution in [3.63, 3.8) is 0 Å². The van der Waals surface area contributed by atoms with Gasteiger partial charge in [0.25, 0.3) is 0 Å². The summed E-state index contributed by atoms with van der Waals surface area (Å²) in [6, 6.07) is 0. The Labute approximate surface area is 69.8 Å². The summed E-state index contributed by atoms with van der Waals surface area (Å²) < 4.78 is 0. The maximum Gasteiger partial charge on any atom is 0.0214 e. The van der Waals surface area contributed by atoms with Crippen LogP contribution in [-0.2, 0) is 0 Å². The third-order valence-corrected chi connectivity index (χ3v) is 2.64. The minimum atomic E-state index is 0.854. The van der Waals surface area contributed by atoms with Crippen LogP contribution in [0, 0.1) is 24.2 Å². The third kappa shape index (κ3) is 2.24. The Morgan fingerprint density at radius 1 is 1.36 bits per heavy atom. The smallest absolute Gasteiger partial charge is 0.0214 e. The van der Waals surface area contributed by atoms with Crippen molar-refractivity contribution in [2.24, 2.45) is 11.8 Å². The van der Waals surface area contributed by atoms with E-state index in [1.165, 1.54) is 13.1 Å². The Morgan fingerprint density at radius 2 is 1.91 bits per heavy atom. The van der Waals surface area contributed by atoms with Crippen molar-refractivity contribution in [3.05, 3.63) is 0 Å². The quantitative estimate of drug-likeness (QED) is 0.542. The molecular weight excluding hydrogens is 134 g/mol. The van der Waals surface area contributed by atoms with E-state index in [4.69, 9.17) is 6.42 Å². The molecule has 0 bridgehead atoms. The molecule has 0 aromatic heterocycles. The second-order valence-corrected chi connectivity index (χ2v) is 3.67. The molecule has 2 atom stereocenters. The van der Waals surface area contributed by atoms with E-state index in [0.717, 1.165) is 24.8 Å². The number of nitrogens with zero attached hydrogens (tertiary/aromatic N) is 1. The molecule has 1 heteroatoms. The SMILES string of the molecule is C#CCCN1CC(C)C(C)C1. The minimum Gasteiger partial charge on any atom is -0.302 e. The lowest BCUT2D eigenvalue weighted by molar-refractivity contribution is 0.332. The van der Waals surface area contributed by atoms with E-state index in [0.29, 0.717) is 0 Å². The molecule has 0 spiro atoms. The zero-order valence-corrected chi connectivity index (χ0v) is 7.51. The van der Waals surface area contributed by atoms with Gasteiger partial charge in [0.2, 0.25) is 0 Å². The molecule has 0 N–H and O–H groups in total. The Balaban J connectivity index is 2.25. The maximum atomic E-state index is 5.20. The number of rotatable bonds is 2. The molecule has 0 saturated carbocycles. The topological polar surface area (TPSA) is 3.24 Å². The van der Waals surface area contributed by atoms with Gasteiger partial charge in [-0.2, -0.15) is 0 Å². The minimum absolute atomic E-state index is 0.854. The monoisotopic (exact) mass is 151 g/mol. The molecule has 2 unspecified atom stereocenters. The summed E-state index contributed by atoms with van der Waals surface area (Å²) >= 11 is 0. The maximum absolute atomic E-state index is 5.20. The fourth-order valence-electron chi connectivity index (χ4n) is 1.65. The van der Waals surface area contributed by atoms with Crippen LogP contribution < -0.4 is 0 Å². The summed E-state index contributed by atoms with van der Waals surface area (Å²) in [6.07, 6.45) is 6.10. The molecule has 0 amide bonds. The van der Waals surface area contributed by atoms with E-state index in [9.17, 15) is 0 Å². The van der Waals surface area contributed by atoms with Crippen molar-refractivity contribution < 1.29 is 0 Å². The van der Waals surface area contributed by atoms with Gasteiger partial charge < -0.3 is 4.90 Å². The molecule has 0 aliphatic carbocycles. The Kier molecular flexibility index (Phi) is 2.96. The highest BCUT2D eigenvalue weighted by Gasteiger charge is 2.24. The van der Waals surface area contributed by atoms with Crippen LogP contribution in [0.3, 0.4) is 0 Å². The molecular formula is C10H17N. The summed E-state index contributed by atoms with van der Waals surface area (Å²) in [5.41, 5.74) is 0. The molecule has 1 rings (SSSR count). The summed E-state index contributed by atoms with van der Waals surface area (Å²) in [5, 5.41) is 0. The first kappa shape index (κ1) is 8.62. The molecule has 1 heterocycles. The molecule has 1 aliphatic heterocycles. The van der Waals surface area contributed by atoms with Crippen LogP contribution in [0.2, 0.25) is 0 Å². The van der Waals surface area contributed by atoms with Crippen LogP contribution >= 0.6 is 0 Å². The zero-order chi connectivity index (χ0) is 8.27. The fourth-order valence-corrected chi connectivity index (χ4v) is 1.65. The number of hydrogen-bond acceptors (Lipinski definition) is 1.